The summed E-state index contributed by atoms with van der Waals surface area (Å²) in [6, 6.07) is 9.82. The van der Waals surface area contributed by atoms with Gasteiger partial charge in [-0.25, -0.2) is 0 Å². The van der Waals surface area contributed by atoms with E-state index in [2.05, 4.69) is 0 Å². The fourth-order valence-corrected chi connectivity index (χ4v) is 6.91. The van der Waals surface area contributed by atoms with Crippen molar-refractivity contribution in [2.45, 2.75) is 37.3 Å². The Labute approximate surface area is 246 Å². The van der Waals surface area contributed by atoms with Crippen molar-refractivity contribution in [1.82, 2.24) is 4.90 Å². The van der Waals surface area contributed by atoms with Gasteiger partial charge in [-0.2, -0.15) is 0 Å². The minimum Gasteiger partial charge on any atom is -0.508 e. The molecular formula is C31H31ClN2O8. The first-order valence-corrected chi connectivity index (χ1v) is 14.0. The van der Waals surface area contributed by atoms with Crippen molar-refractivity contribution < 1.29 is 39.6 Å². The molecule has 0 aliphatic heterocycles. The zero-order valence-electron chi connectivity index (χ0n) is 23.1. The number of hydrogen-bond donors (Lipinski definition) is 5. The van der Waals surface area contributed by atoms with Crippen LogP contribution in [-0.4, -0.2) is 80.2 Å². The third-order valence-electron chi connectivity index (χ3n) is 8.71. The van der Waals surface area contributed by atoms with Crippen LogP contribution in [0.2, 0.25) is 0 Å². The summed E-state index contributed by atoms with van der Waals surface area (Å²) in [6.45, 7) is 0. The largest absolute Gasteiger partial charge is 0.508 e. The van der Waals surface area contributed by atoms with Crippen LogP contribution in [0.5, 0.6) is 5.75 Å². The molecule has 0 heterocycles. The fraction of sp³-hybridized carbons (Fsp3) is 0.355. The van der Waals surface area contributed by atoms with E-state index in [1.807, 2.05) is 30.3 Å². The summed E-state index contributed by atoms with van der Waals surface area (Å²) in [5, 5.41) is 45.9. The molecule has 10 nitrogen and oxygen atoms in total. The molecule has 220 valence electrons. The second kappa shape index (κ2) is 10.7. The van der Waals surface area contributed by atoms with Gasteiger partial charge in [-0.3, -0.25) is 24.1 Å². The average molecular weight is 595 g/mol. The highest BCUT2D eigenvalue weighted by Gasteiger charge is 2.64. The highest BCUT2D eigenvalue weighted by Crippen LogP contribution is 2.54. The molecule has 42 heavy (non-hydrogen) atoms. The van der Waals surface area contributed by atoms with Crippen LogP contribution in [-0.2, 0) is 32.0 Å². The van der Waals surface area contributed by atoms with Crippen LogP contribution >= 0.6 is 11.6 Å². The molecule has 11 heteroatoms. The monoisotopic (exact) mass is 594 g/mol. The second-order valence-corrected chi connectivity index (χ2v) is 11.6. The van der Waals surface area contributed by atoms with Crippen LogP contribution in [0.4, 0.5) is 0 Å². The Bertz CT molecular complexity index is 1600. The van der Waals surface area contributed by atoms with E-state index in [0.29, 0.717) is 16.7 Å². The lowest BCUT2D eigenvalue weighted by molar-refractivity contribution is -0.153. The number of rotatable bonds is 7. The smallest absolute Gasteiger partial charge is 0.255 e. The van der Waals surface area contributed by atoms with Crippen molar-refractivity contribution in [3.05, 3.63) is 70.0 Å². The molecule has 0 spiro atoms. The maximum absolute atomic E-state index is 14.1. The Balaban J connectivity index is 1.75. The van der Waals surface area contributed by atoms with E-state index in [4.69, 9.17) is 17.3 Å². The SMILES string of the molecule is CN(C)[C@@H]1C(=O)C(C(N)=O)=C(O)[C@@]2(O)C(=O)C3=C(O)c4c(O)c(CCC(=O)CCl)cc(-c5ccccc5)c4C[C@H]3C[C@H]12. The van der Waals surface area contributed by atoms with Gasteiger partial charge in [0.25, 0.3) is 5.91 Å². The van der Waals surface area contributed by atoms with E-state index < -0.39 is 58.0 Å². The number of halogens is 1. The Kier molecular flexibility index (Phi) is 7.51. The Morgan fingerprint density at radius 3 is 2.38 bits per heavy atom. The van der Waals surface area contributed by atoms with E-state index in [0.717, 1.165) is 5.56 Å². The normalized spacial score (nSPS) is 25.3. The number of aliphatic hydroxyl groups excluding tert-OH is 2. The molecule has 5 rings (SSSR count). The molecule has 3 aliphatic carbocycles. The molecule has 0 unspecified atom stereocenters. The van der Waals surface area contributed by atoms with E-state index >= 15 is 0 Å². The molecule has 0 bridgehead atoms. The lowest BCUT2D eigenvalue weighted by Gasteiger charge is -2.50. The number of amides is 1. The number of likely N-dealkylation sites (N-methyl/N-ethyl adjacent to an activating group) is 1. The first-order chi connectivity index (χ1) is 19.8. The second-order valence-electron chi connectivity index (χ2n) is 11.3. The third-order valence-corrected chi connectivity index (χ3v) is 9.00. The molecule has 4 atom stereocenters. The van der Waals surface area contributed by atoms with Crippen molar-refractivity contribution in [2.75, 3.05) is 20.0 Å². The predicted molar refractivity (Wildman–Crippen MR) is 154 cm³/mol. The molecule has 0 saturated heterocycles. The number of aliphatic hydroxyl groups is 3. The molecule has 1 fully saturated rings. The van der Waals surface area contributed by atoms with Crippen molar-refractivity contribution in [2.24, 2.45) is 17.6 Å². The molecule has 1 saturated carbocycles. The van der Waals surface area contributed by atoms with E-state index in [9.17, 15) is 39.6 Å². The topological polar surface area (TPSA) is 178 Å². The number of hydrogen-bond acceptors (Lipinski definition) is 9. The number of nitrogens with two attached hydrogens (primary N) is 1. The summed E-state index contributed by atoms with van der Waals surface area (Å²) in [4.78, 5) is 53.0. The standard InChI is InChI=1S/C31H31ClN2O8/c1-34(2)24-20-12-16-11-19-18(14-6-4-3-5-7-14)10-15(8-9-17(35)13-32)25(36)22(19)26(37)21(16)28(39)31(20,42)29(40)23(27(24)38)30(33)41/h3-7,10,16,20,24,36-37,40,42H,8-9,11-13H2,1-2H3,(H2,33,41)/t16-,20+,24-,31-/m0/s1. The highest BCUT2D eigenvalue weighted by molar-refractivity contribution is 6.27. The van der Waals surface area contributed by atoms with Crippen LogP contribution in [0.25, 0.3) is 16.9 Å². The van der Waals surface area contributed by atoms with Gasteiger partial charge in [-0.1, -0.05) is 30.3 Å². The molecule has 3 aliphatic rings. The number of fused-ring (bicyclic) bond motifs is 3. The van der Waals surface area contributed by atoms with Crippen molar-refractivity contribution in [3.63, 3.8) is 0 Å². The van der Waals surface area contributed by atoms with E-state index in [-0.39, 0.29) is 54.2 Å². The Hall–Kier alpha value is -3.99. The van der Waals surface area contributed by atoms with Gasteiger partial charge in [0, 0.05) is 17.9 Å². The van der Waals surface area contributed by atoms with E-state index in [1.54, 1.807) is 20.2 Å². The maximum Gasteiger partial charge on any atom is 0.255 e. The summed E-state index contributed by atoms with van der Waals surface area (Å²) in [5.74, 6) is -7.49. The van der Waals surface area contributed by atoms with Crippen LogP contribution in [0, 0.1) is 11.8 Å². The molecule has 0 aromatic heterocycles. The minimum absolute atomic E-state index is 0.00721. The predicted octanol–water partition coefficient (Wildman–Crippen LogP) is 2.37. The summed E-state index contributed by atoms with van der Waals surface area (Å²) in [7, 11) is 3.10. The third kappa shape index (κ3) is 4.33. The van der Waals surface area contributed by atoms with E-state index in [1.165, 1.54) is 4.90 Å². The van der Waals surface area contributed by atoms with Gasteiger partial charge >= 0.3 is 0 Å². The Morgan fingerprint density at radius 2 is 1.79 bits per heavy atom. The zero-order valence-corrected chi connectivity index (χ0v) is 23.8. The van der Waals surface area contributed by atoms with Gasteiger partial charge in [0.2, 0.25) is 5.78 Å². The van der Waals surface area contributed by atoms with Gasteiger partial charge in [-0.15, -0.1) is 11.6 Å². The molecule has 1 amide bonds. The van der Waals surface area contributed by atoms with Crippen molar-refractivity contribution in [1.29, 1.82) is 0 Å². The van der Waals surface area contributed by atoms with Gasteiger partial charge in [0.1, 0.15) is 28.6 Å². The number of primary amides is 1. The van der Waals surface area contributed by atoms with Gasteiger partial charge in [-0.05, 0) is 67.6 Å². The van der Waals surface area contributed by atoms with Crippen LogP contribution < -0.4 is 5.73 Å². The average Bonchev–Trinajstić information content (AvgIpc) is 2.94. The Morgan fingerprint density at radius 1 is 1.12 bits per heavy atom. The molecule has 0 radical (unpaired) electrons. The number of phenols is 1. The van der Waals surface area contributed by atoms with Gasteiger partial charge in [0.05, 0.1) is 17.5 Å². The number of benzene rings is 2. The van der Waals surface area contributed by atoms with Crippen LogP contribution in [0.15, 0.2) is 53.3 Å². The lowest BCUT2D eigenvalue weighted by atomic mass is 9.57. The highest BCUT2D eigenvalue weighted by atomic mass is 35.5. The van der Waals surface area contributed by atoms with Crippen LogP contribution in [0.3, 0.4) is 0 Å². The first kappa shape index (κ1) is 29.5. The van der Waals surface area contributed by atoms with Crippen LogP contribution in [0.1, 0.15) is 29.5 Å². The number of aryl methyl sites for hydroxylation is 1. The summed E-state index contributed by atoms with van der Waals surface area (Å²) < 4.78 is 0. The number of nitrogens with zero attached hydrogens (tertiary/aromatic N) is 1. The molecule has 6 N–H and O–H groups in total. The number of carbonyl (C=O) groups excluding carboxylic acids is 4. The fourth-order valence-electron chi connectivity index (χ4n) is 6.77. The van der Waals surface area contributed by atoms with Gasteiger partial charge in [0.15, 0.2) is 11.4 Å². The minimum atomic E-state index is -2.72. The summed E-state index contributed by atoms with van der Waals surface area (Å²) >= 11 is 5.67. The maximum atomic E-state index is 14.1. The number of Topliss-reactive ketones (excluding diaryl/α,β-unsaturated/α-hetero) is 3. The quantitative estimate of drug-likeness (QED) is 0.238. The molecule has 2 aromatic carbocycles. The number of phenolic OH excluding ortho intramolecular Hbond substituents is 1. The van der Waals surface area contributed by atoms with Crippen molar-refractivity contribution >= 4 is 40.6 Å². The number of aromatic hydroxyl groups is 1. The number of alkyl halides is 1. The number of carbonyl (C=O) groups is 4. The zero-order chi connectivity index (χ0) is 30.7. The summed E-state index contributed by atoms with van der Waals surface area (Å²) in [6.07, 6.45) is 0.313. The summed E-state index contributed by atoms with van der Waals surface area (Å²) in [5.41, 5.74) is 3.92. The first-order valence-electron chi connectivity index (χ1n) is 13.5. The van der Waals surface area contributed by atoms with Gasteiger partial charge < -0.3 is 26.2 Å². The number of ketones is 3. The van der Waals surface area contributed by atoms with Crippen molar-refractivity contribution in [3.8, 4) is 16.9 Å². The molecular weight excluding hydrogens is 564 g/mol. The molecule has 2 aromatic rings. The lowest BCUT2D eigenvalue weighted by Crippen LogP contribution is -2.65.